The molecule has 0 bridgehead atoms. The number of likely N-dealkylation sites (tertiary alicyclic amines) is 1. The molecule has 7 heteroatoms. The number of hydrogen-bond donors (Lipinski definition) is 0. The minimum absolute atomic E-state index is 0.0191. The second-order valence-electron chi connectivity index (χ2n) is 13.3. The zero-order valence-electron chi connectivity index (χ0n) is 28.5. The molecule has 4 aromatic carbocycles. The number of rotatable bonds is 15. The van der Waals surface area contributed by atoms with Crippen LogP contribution in [0.5, 0.6) is 5.75 Å². The predicted molar refractivity (Wildman–Crippen MR) is 190 cm³/mol. The maximum Gasteiger partial charge on any atom is 0.410 e. The lowest BCUT2D eigenvalue weighted by Crippen LogP contribution is -2.53. The third-order valence-electron chi connectivity index (χ3n) is 8.34. The first kappa shape index (κ1) is 35.1. The van der Waals surface area contributed by atoms with Gasteiger partial charge in [-0.15, -0.1) is 6.58 Å². The summed E-state index contributed by atoms with van der Waals surface area (Å²) in [6.07, 6.45) is 1.91. The van der Waals surface area contributed by atoms with E-state index in [1.165, 1.54) is 16.3 Å². The molecular weight excluding hydrogens is 602 g/mol. The summed E-state index contributed by atoms with van der Waals surface area (Å²) < 4.78 is 30.4. The summed E-state index contributed by atoms with van der Waals surface area (Å²) in [6.45, 7) is 13.5. The number of piperidine rings is 1. The van der Waals surface area contributed by atoms with Gasteiger partial charge in [0.15, 0.2) is 0 Å². The highest BCUT2D eigenvalue weighted by Gasteiger charge is 2.41. The molecule has 254 valence electrons. The van der Waals surface area contributed by atoms with Crippen LogP contribution in [0.3, 0.4) is 0 Å². The summed E-state index contributed by atoms with van der Waals surface area (Å²) in [5.74, 6) is 0.761. The molecule has 1 aliphatic rings. The first-order valence-corrected chi connectivity index (χ1v) is 16.9. The monoisotopic (exact) mass is 651 g/mol. The molecule has 0 aliphatic carbocycles. The second-order valence-corrected chi connectivity index (χ2v) is 13.3. The van der Waals surface area contributed by atoms with E-state index in [0.717, 1.165) is 23.3 Å². The third kappa shape index (κ3) is 10.4. The molecule has 3 unspecified atom stereocenters. The first-order chi connectivity index (χ1) is 23.3. The van der Waals surface area contributed by atoms with Crippen LogP contribution in [0.1, 0.15) is 49.8 Å². The standard InChI is InChI=1S/C41H49NO6/c1-5-22-44-30-36-26-42(40(43)48-41(2,3)4)27-38(47-29-32-16-17-33-14-9-10-15-35(33)25-32)39(36)34-18-20-37(21-19-34)46-24-11-23-45-28-31-12-7-6-8-13-31/h5-10,12-21,25,36,38-39H,1,11,22-24,26-30H2,2-4H3. The van der Waals surface area contributed by atoms with Crippen LogP contribution >= 0.6 is 0 Å². The molecule has 48 heavy (non-hydrogen) atoms. The van der Waals surface area contributed by atoms with E-state index in [0.29, 0.717) is 52.7 Å². The summed E-state index contributed by atoms with van der Waals surface area (Å²) in [5.41, 5.74) is 2.76. The molecular formula is C41H49NO6. The molecule has 0 aromatic heterocycles. The summed E-state index contributed by atoms with van der Waals surface area (Å²) in [4.78, 5) is 15.1. The Morgan fingerprint density at radius 2 is 1.58 bits per heavy atom. The van der Waals surface area contributed by atoms with Gasteiger partial charge in [-0.1, -0.05) is 84.9 Å². The van der Waals surface area contributed by atoms with Crippen molar-refractivity contribution in [3.8, 4) is 5.75 Å². The van der Waals surface area contributed by atoms with Crippen molar-refractivity contribution < 1.29 is 28.5 Å². The molecule has 1 saturated heterocycles. The average Bonchev–Trinajstić information content (AvgIpc) is 3.09. The van der Waals surface area contributed by atoms with Gasteiger partial charge in [-0.25, -0.2) is 4.79 Å². The Morgan fingerprint density at radius 3 is 2.33 bits per heavy atom. The SMILES string of the molecule is C=CCOCC1CN(C(=O)OC(C)(C)C)CC(OCc2ccc3ccccc3c2)C1c1ccc(OCCCOCc2ccccc2)cc1. The lowest BCUT2D eigenvalue weighted by atomic mass is 9.78. The van der Waals surface area contributed by atoms with E-state index in [-0.39, 0.29) is 24.0 Å². The number of fused-ring (bicyclic) bond motifs is 1. The predicted octanol–water partition coefficient (Wildman–Crippen LogP) is 8.56. The number of carbonyl (C=O) groups excluding carboxylic acids is 1. The van der Waals surface area contributed by atoms with E-state index in [4.69, 9.17) is 23.7 Å². The van der Waals surface area contributed by atoms with Crippen LogP contribution in [0.4, 0.5) is 4.79 Å². The fraction of sp³-hybridized carbons (Fsp3) is 0.390. The largest absolute Gasteiger partial charge is 0.494 e. The fourth-order valence-corrected chi connectivity index (χ4v) is 6.12. The Labute approximate surface area is 285 Å². The number of carbonyl (C=O) groups is 1. The summed E-state index contributed by atoms with van der Waals surface area (Å²) in [7, 11) is 0. The van der Waals surface area contributed by atoms with Crippen molar-refractivity contribution in [1.29, 1.82) is 0 Å². The van der Waals surface area contributed by atoms with Crippen molar-refractivity contribution in [2.24, 2.45) is 5.92 Å². The Bertz CT molecular complexity index is 1580. The van der Waals surface area contributed by atoms with Crippen LogP contribution in [-0.4, -0.2) is 62.2 Å². The smallest absolute Gasteiger partial charge is 0.410 e. The lowest BCUT2D eigenvalue weighted by Gasteiger charge is -2.44. The van der Waals surface area contributed by atoms with Gasteiger partial charge in [0, 0.05) is 24.8 Å². The fourth-order valence-electron chi connectivity index (χ4n) is 6.12. The van der Waals surface area contributed by atoms with Crippen LogP contribution in [0.25, 0.3) is 10.8 Å². The van der Waals surface area contributed by atoms with Crippen molar-refractivity contribution in [3.63, 3.8) is 0 Å². The molecule has 1 fully saturated rings. The van der Waals surface area contributed by atoms with Gasteiger partial charge in [-0.2, -0.15) is 0 Å². The van der Waals surface area contributed by atoms with E-state index < -0.39 is 5.60 Å². The van der Waals surface area contributed by atoms with E-state index in [9.17, 15) is 4.79 Å². The highest BCUT2D eigenvalue weighted by Crippen LogP contribution is 2.37. The van der Waals surface area contributed by atoms with Crippen molar-refractivity contribution in [2.75, 3.05) is 39.5 Å². The van der Waals surface area contributed by atoms with Gasteiger partial charge in [0.05, 0.1) is 52.3 Å². The van der Waals surface area contributed by atoms with Crippen LogP contribution in [0.2, 0.25) is 0 Å². The Balaban J connectivity index is 1.29. The van der Waals surface area contributed by atoms with E-state index in [1.807, 2.05) is 63.2 Å². The van der Waals surface area contributed by atoms with Gasteiger partial charge in [0.1, 0.15) is 11.4 Å². The van der Waals surface area contributed by atoms with Gasteiger partial charge in [0.2, 0.25) is 0 Å². The lowest BCUT2D eigenvalue weighted by molar-refractivity contribution is -0.0647. The number of ether oxygens (including phenoxy) is 5. The molecule has 3 atom stereocenters. The van der Waals surface area contributed by atoms with E-state index >= 15 is 0 Å². The minimum atomic E-state index is -0.603. The van der Waals surface area contributed by atoms with Crippen LogP contribution in [0.15, 0.2) is 110 Å². The molecule has 1 heterocycles. The van der Waals surface area contributed by atoms with Gasteiger partial charge in [0.25, 0.3) is 0 Å². The highest BCUT2D eigenvalue weighted by atomic mass is 16.6. The van der Waals surface area contributed by atoms with Gasteiger partial charge in [-0.3, -0.25) is 0 Å². The van der Waals surface area contributed by atoms with Crippen LogP contribution in [-0.2, 0) is 32.2 Å². The normalized spacial score (nSPS) is 18.1. The Morgan fingerprint density at radius 1 is 0.833 bits per heavy atom. The molecule has 5 rings (SSSR count). The number of amides is 1. The molecule has 0 radical (unpaired) electrons. The van der Waals surface area contributed by atoms with Crippen LogP contribution in [0, 0.1) is 5.92 Å². The van der Waals surface area contributed by atoms with E-state index in [1.54, 1.807) is 11.0 Å². The number of hydrogen-bond acceptors (Lipinski definition) is 6. The summed E-state index contributed by atoms with van der Waals surface area (Å²) >= 11 is 0. The summed E-state index contributed by atoms with van der Waals surface area (Å²) in [6, 6.07) is 33.1. The average molecular weight is 652 g/mol. The van der Waals surface area contributed by atoms with Gasteiger partial charge >= 0.3 is 6.09 Å². The van der Waals surface area contributed by atoms with Crippen molar-refractivity contribution in [3.05, 3.63) is 126 Å². The maximum atomic E-state index is 13.3. The molecule has 7 nitrogen and oxygen atoms in total. The number of benzene rings is 4. The minimum Gasteiger partial charge on any atom is -0.494 e. The Hall–Kier alpha value is -4.17. The first-order valence-electron chi connectivity index (χ1n) is 16.9. The second kappa shape index (κ2) is 17.3. The van der Waals surface area contributed by atoms with Gasteiger partial charge in [-0.05, 0) is 66.4 Å². The number of nitrogens with zero attached hydrogens (tertiary/aromatic N) is 1. The van der Waals surface area contributed by atoms with Crippen LogP contribution < -0.4 is 4.74 Å². The van der Waals surface area contributed by atoms with Crippen molar-refractivity contribution >= 4 is 16.9 Å². The zero-order valence-corrected chi connectivity index (χ0v) is 28.5. The quantitative estimate of drug-likeness (QED) is 0.0948. The topological polar surface area (TPSA) is 66.5 Å². The summed E-state index contributed by atoms with van der Waals surface area (Å²) in [5, 5.41) is 2.36. The molecule has 1 amide bonds. The van der Waals surface area contributed by atoms with Crippen molar-refractivity contribution in [2.45, 2.75) is 58.0 Å². The molecule has 4 aromatic rings. The van der Waals surface area contributed by atoms with Crippen molar-refractivity contribution in [1.82, 2.24) is 4.90 Å². The zero-order chi connectivity index (χ0) is 33.8. The van der Waals surface area contributed by atoms with Gasteiger partial charge < -0.3 is 28.6 Å². The third-order valence-corrected chi connectivity index (χ3v) is 8.34. The molecule has 0 saturated carbocycles. The Kier molecular flexibility index (Phi) is 12.7. The van der Waals surface area contributed by atoms with E-state index in [2.05, 4.69) is 61.2 Å². The molecule has 0 spiro atoms. The molecule has 0 N–H and O–H groups in total. The molecule has 1 aliphatic heterocycles. The maximum absolute atomic E-state index is 13.3. The highest BCUT2D eigenvalue weighted by molar-refractivity contribution is 5.82.